The van der Waals surface area contributed by atoms with Gasteiger partial charge in [0, 0.05) is 35.1 Å². The van der Waals surface area contributed by atoms with Gasteiger partial charge in [-0.25, -0.2) is 4.98 Å². The topological polar surface area (TPSA) is 80.5 Å². The minimum atomic E-state index is 0.417. The Kier molecular flexibility index (Phi) is 3.94. The van der Waals surface area contributed by atoms with Crippen LogP contribution in [0.3, 0.4) is 0 Å². The highest BCUT2D eigenvalue weighted by Gasteiger charge is 2.15. The van der Waals surface area contributed by atoms with Crippen molar-refractivity contribution in [2.75, 3.05) is 0 Å². The molecular formula is C24H19N5O. The predicted molar refractivity (Wildman–Crippen MR) is 115 cm³/mol. The van der Waals surface area contributed by atoms with Gasteiger partial charge in [0.15, 0.2) is 0 Å². The molecule has 0 saturated carbocycles. The fraction of sp³-hybridized carbons (Fsp3) is 0.167. The van der Waals surface area contributed by atoms with Gasteiger partial charge >= 0.3 is 0 Å². The Labute approximate surface area is 173 Å². The molecule has 30 heavy (non-hydrogen) atoms. The zero-order valence-electron chi connectivity index (χ0n) is 16.3. The van der Waals surface area contributed by atoms with Gasteiger partial charge in [0.25, 0.3) is 5.89 Å². The highest BCUT2D eigenvalue weighted by molar-refractivity contribution is 5.81. The van der Waals surface area contributed by atoms with E-state index in [1.54, 1.807) is 6.20 Å². The highest BCUT2D eigenvalue weighted by Crippen LogP contribution is 2.29. The van der Waals surface area contributed by atoms with E-state index in [9.17, 15) is 0 Å². The summed E-state index contributed by atoms with van der Waals surface area (Å²) >= 11 is 0. The lowest BCUT2D eigenvalue weighted by Crippen LogP contribution is -2.02. The number of aromatic amines is 1. The Hall–Kier alpha value is -3.80. The lowest BCUT2D eigenvalue weighted by Gasteiger charge is -2.15. The summed E-state index contributed by atoms with van der Waals surface area (Å²) in [6, 6.07) is 14.5. The molecule has 0 radical (unpaired) electrons. The lowest BCUT2D eigenvalue weighted by atomic mass is 9.90. The fourth-order valence-electron chi connectivity index (χ4n) is 4.14. The van der Waals surface area contributed by atoms with Crippen LogP contribution in [0.15, 0.2) is 65.6 Å². The molecule has 0 atom stereocenters. The molecule has 0 amide bonds. The Bertz CT molecular complexity index is 1370. The summed E-state index contributed by atoms with van der Waals surface area (Å²) in [7, 11) is 0. The van der Waals surface area contributed by atoms with Crippen LogP contribution in [0.2, 0.25) is 0 Å². The van der Waals surface area contributed by atoms with Crippen LogP contribution >= 0.6 is 0 Å². The molecule has 1 aliphatic rings. The third kappa shape index (κ3) is 2.97. The van der Waals surface area contributed by atoms with Gasteiger partial charge in [0.05, 0.1) is 0 Å². The minimum absolute atomic E-state index is 0.417. The number of rotatable bonds is 3. The van der Waals surface area contributed by atoms with Gasteiger partial charge in [0.2, 0.25) is 5.82 Å². The standard InChI is InChI=1S/C24H19N5O/c1-2-4-16-11-18(6-5-15(16)3-1)23-28-24(30-29-23)21-13-17(7-9-25-21)20-12-19-8-10-26-22(19)27-14-20/h5-14H,1-4H2,(H,26,27). The second-order valence-electron chi connectivity index (χ2n) is 7.68. The van der Waals surface area contributed by atoms with Crippen LogP contribution in [-0.2, 0) is 12.8 Å². The minimum Gasteiger partial charge on any atom is -0.346 e. The van der Waals surface area contributed by atoms with Gasteiger partial charge in [-0.15, -0.1) is 0 Å². The van der Waals surface area contributed by atoms with Gasteiger partial charge < -0.3 is 9.51 Å². The van der Waals surface area contributed by atoms with Crippen LogP contribution in [-0.4, -0.2) is 25.1 Å². The van der Waals surface area contributed by atoms with Gasteiger partial charge in [-0.3, -0.25) is 4.98 Å². The number of fused-ring (bicyclic) bond motifs is 2. The summed E-state index contributed by atoms with van der Waals surface area (Å²) in [6.07, 6.45) is 10.3. The molecule has 0 unspecified atom stereocenters. The first-order valence-corrected chi connectivity index (χ1v) is 10.2. The predicted octanol–water partition coefficient (Wildman–Crippen LogP) is 5.22. The zero-order valence-corrected chi connectivity index (χ0v) is 16.3. The number of benzene rings is 1. The molecule has 6 heteroatoms. The Balaban J connectivity index is 1.34. The number of aromatic nitrogens is 5. The second kappa shape index (κ2) is 6.91. The molecule has 0 saturated heterocycles. The third-order valence-electron chi connectivity index (χ3n) is 5.75. The smallest absolute Gasteiger partial charge is 0.276 e. The van der Waals surface area contributed by atoms with E-state index in [4.69, 9.17) is 4.52 Å². The number of nitrogens with one attached hydrogen (secondary N) is 1. The number of aryl methyl sites for hydroxylation is 2. The van der Waals surface area contributed by atoms with Crippen molar-refractivity contribution in [3.05, 3.63) is 72.2 Å². The summed E-state index contributed by atoms with van der Waals surface area (Å²) in [5.41, 5.74) is 7.38. The Morgan fingerprint density at radius 1 is 0.833 bits per heavy atom. The summed E-state index contributed by atoms with van der Waals surface area (Å²) in [6.45, 7) is 0. The maximum atomic E-state index is 5.55. The maximum Gasteiger partial charge on any atom is 0.276 e. The molecule has 6 nitrogen and oxygen atoms in total. The van der Waals surface area contributed by atoms with Crippen LogP contribution < -0.4 is 0 Å². The average molecular weight is 393 g/mol. The molecule has 146 valence electrons. The average Bonchev–Trinajstić information content (AvgIpc) is 3.48. The first-order valence-electron chi connectivity index (χ1n) is 10.2. The molecular weight excluding hydrogens is 374 g/mol. The van der Waals surface area contributed by atoms with Crippen molar-refractivity contribution in [2.45, 2.75) is 25.7 Å². The van der Waals surface area contributed by atoms with Gasteiger partial charge in [0.1, 0.15) is 11.3 Å². The number of hydrogen-bond acceptors (Lipinski definition) is 5. The van der Waals surface area contributed by atoms with E-state index in [1.165, 1.54) is 24.0 Å². The van der Waals surface area contributed by atoms with E-state index in [2.05, 4.69) is 49.4 Å². The van der Waals surface area contributed by atoms with E-state index < -0.39 is 0 Å². The second-order valence-corrected chi connectivity index (χ2v) is 7.68. The van der Waals surface area contributed by atoms with E-state index >= 15 is 0 Å². The van der Waals surface area contributed by atoms with Crippen molar-refractivity contribution in [1.29, 1.82) is 0 Å². The monoisotopic (exact) mass is 393 g/mol. The van der Waals surface area contributed by atoms with Crippen molar-refractivity contribution < 1.29 is 4.52 Å². The zero-order chi connectivity index (χ0) is 19.9. The van der Waals surface area contributed by atoms with Crippen LogP contribution in [0.4, 0.5) is 0 Å². The third-order valence-corrected chi connectivity index (χ3v) is 5.75. The molecule has 0 bridgehead atoms. The molecule has 5 aromatic rings. The van der Waals surface area contributed by atoms with Crippen molar-refractivity contribution in [3.63, 3.8) is 0 Å². The summed E-state index contributed by atoms with van der Waals surface area (Å²) < 4.78 is 5.55. The molecule has 4 aromatic heterocycles. The first kappa shape index (κ1) is 17.1. The largest absolute Gasteiger partial charge is 0.346 e. The van der Waals surface area contributed by atoms with Crippen LogP contribution in [0.5, 0.6) is 0 Å². The molecule has 0 aliphatic heterocycles. The highest BCUT2D eigenvalue weighted by atomic mass is 16.5. The van der Waals surface area contributed by atoms with Crippen molar-refractivity contribution >= 4 is 11.0 Å². The number of nitrogens with zero attached hydrogens (tertiary/aromatic N) is 4. The molecule has 6 rings (SSSR count). The Morgan fingerprint density at radius 3 is 2.73 bits per heavy atom. The lowest BCUT2D eigenvalue weighted by molar-refractivity contribution is 0.431. The quantitative estimate of drug-likeness (QED) is 0.454. The van der Waals surface area contributed by atoms with Crippen molar-refractivity contribution in [2.24, 2.45) is 0 Å². The van der Waals surface area contributed by atoms with Crippen molar-refractivity contribution in [1.82, 2.24) is 25.1 Å². The molecule has 1 aliphatic carbocycles. The van der Waals surface area contributed by atoms with E-state index in [1.807, 2.05) is 30.6 Å². The fourth-order valence-corrected chi connectivity index (χ4v) is 4.14. The summed E-state index contributed by atoms with van der Waals surface area (Å²) in [4.78, 5) is 16.6. The first-order chi connectivity index (χ1) is 14.8. The Morgan fingerprint density at radius 2 is 1.77 bits per heavy atom. The van der Waals surface area contributed by atoms with E-state index in [0.717, 1.165) is 40.6 Å². The SMILES string of the molecule is c1cc(-c2cnc3[nH]ccc3c2)cc(-c2nc(-c3ccc4c(c3)CCCC4)no2)n1. The number of pyridine rings is 2. The number of H-pyrrole nitrogens is 1. The molecule has 4 heterocycles. The number of hydrogen-bond donors (Lipinski definition) is 1. The van der Waals surface area contributed by atoms with E-state index in [0.29, 0.717) is 17.4 Å². The van der Waals surface area contributed by atoms with Crippen LogP contribution in [0.25, 0.3) is 45.1 Å². The molecule has 0 fully saturated rings. The molecule has 1 N–H and O–H groups in total. The van der Waals surface area contributed by atoms with Gasteiger partial charge in [-0.1, -0.05) is 17.3 Å². The van der Waals surface area contributed by atoms with Crippen LogP contribution in [0.1, 0.15) is 24.0 Å². The summed E-state index contributed by atoms with van der Waals surface area (Å²) in [5.74, 6) is 1.02. The summed E-state index contributed by atoms with van der Waals surface area (Å²) in [5, 5.41) is 5.27. The molecule has 1 aromatic carbocycles. The molecule has 0 spiro atoms. The van der Waals surface area contributed by atoms with Gasteiger partial charge in [-0.2, -0.15) is 4.98 Å². The van der Waals surface area contributed by atoms with E-state index in [-0.39, 0.29) is 0 Å². The normalized spacial score (nSPS) is 13.5. The van der Waals surface area contributed by atoms with Gasteiger partial charge in [-0.05, 0) is 72.7 Å². The van der Waals surface area contributed by atoms with Crippen molar-refractivity contribution in [3.8, 4) is 34.1 Å². The maximum absolute atomic E-state index is 5.55. The van der Waals surface area contributed by atoms with Crippen LogP contribution in [0, 0.1) is 0 Å².